The first kappa shape index (κ1) is 77.1. The van der Waals surface area contributed by atoms with Gasteiger partial charge in [-0.2, -0.15) is 0 Å². The van der Waals surface area contributed by atoms with Gasteiger partial charge in [-0.05, 0) is 96.3 Å². The third-order valence-corrected chi connectivity index (χ3v) is 15.8. The molecular formula is C71H127NO10. The van der Waals surface area contributed by atoms with Crippen LogP contribution in [-0.4, -0.2) is 99.6 Å². The average molecular weight is 1150 g/mol. The summed E-state index contributed by atoms with van der Waals surface area (Å²) in [6.45, 7) is 5.77. The molecule has 1 saturated heterocycles. The molecule has 1 aliphatic heterocycles. The molecule has 0 saturated carbocycles. The molecule has 476 valence electrons. The summed E-state index contributed by atoms with van der Waals surface area (Å²) in [5, 5.41) is 57.2. The summed E-state index contributed by atoms with van der Waals surface area (Å²) in [5.74, 6) is -1.20. The second-order valence-corrected chi connectivity index (χ2v) is 23.6. The van der Waals surface area contributed by atoms with E-state index in [1.807, 2.05) is 6.08 Å². The highest BCUT2D eigenvalue weighted by atomic mass is 16.7. The molecule has 1 amide bonds. The van der Waals surface area contributed by atoms with Crippen LogP contribution in [0.15, 0.2) is 72.9 Å². The van der Waals surface area contributed by atoms with Crippen LogP contribution in [0.4, 0.5) is 0 Å². The zero-order chi connectivity index (χ0) is 59.6. The maximum atomic E-state index is 13.5. The molecule has 1 heterocycles. The molecule has 1 rings (SSSR count). The van der Waals surface area contributed by atoms with Gasteiger partial charge in [0.1, 0.15) is 24.4 Å². The summed E-state index contributed by atoms with van der Waals surface area (Å²) in [6.07, 6.45) is 65.0. The number of hydrogen-bond acceptors (Lipinski definition) is 10. The van der Waals surface area contributed by atoms with Gasteiger partial charge in [0.15, 0.2) is 12.4 Å². The van der Waals surface area contributed by atoms with Crippen molar-refractivity contribution in [3.05, 3.63) is 72.9 Å². The quantitative estimate of drug-likeness (QED) is 0.0195. The number of ether oxygens (including phenoxy) is 3. The first-order chi connectivity index (χ1) is 40.2. The van der Waals surface area contributed by atoms with Crippen molar-refractivity contribution in [3.8, 4) is 0 Å². The predicted molar refractivity (Wildman–Crippen MR) is 343 cm³/mol. The lowest BCUT2D eigenvalue weighted by Gasteiger charge is -2.41. The number of esters is 1. The predicted octanol–water partition coefficient (Wildman–Crippen LogP) is 17.1. The molecule has 1 fully saturated rings. The highest BCUT2D eigenvalue weighted by molar-refractivity contribution is 5.80. The molecule has 0 aromatic heterocycles. The monoisotopic (exact) mass is 1150 g/mol. The van der Waals surface area contributed by atoms with Crippen molar-refractivity contribution >= 4 is 11.9 Å². The lowest BCUT2D eigenvalue weighted by atomic mass is 9.99. The Bertz CT molecular complexity index is 1610. The number of amides is 1. The molecule has 0 aliphatic carbocycles. The first-order valence-electron chi connectivity index (χ1n) is 34.2. The number of aliphatic hydroxyl groups is 5. The van der Waals surface area contributed by atoms with Gasteiger partial charge in [0.2, 0.25) is 5.91 Å². The van der Waals surface area contributed by atoms with E-state index >= 15 is 0 Å². The first-order valence-corrected chi connectivity index (χ1v) is 34.2. The fraction of sp³-hybridized carbons (Fsp3) is 0.803. The van der Waals surface area contributed by atoms with E-state index in [0.717, 1.165) is 109 Å². The second kappa shape index (κ2) is 58.5. The minimum absolute atomic E-state index is 0.109. The van der Waals surface area contributed by atoms with E-state index in [1.165, 1.54) is 148 Å². The van der Waals surface area contributed by atoms with Gasteiger partial charge in [-0.1, -0.05) is 273 Å². The van der Waals surface area contributed by atoms with E-state index in [-0.39, 0.29) is 19.4 Å². The number of hydrogen-bond donors (Lipinski definition) is 6. The van der Waals surface area contributed by atoms with Crippen LogP contribution >= 0.6 is 0 Å². The maximum absolute atomic E-state index is 13.5. The Morgan fingerprint density at radius 2 is 0.841 bits per heavy atom. The van der Waals surface area contributed by atoms with Crippen LogP contribution in [0.3, 0.4) is 0 Å². The Morgan fingerprint density at radius 1 is 0.476 bits per heavy atom. The van der Waals surface area contributed by atoms with Crippen LogP contribution in [0.25, 0.3) is 0 Å². The van der Waals surface area contributed by atoms with Crippen molar-refractivity contribution in [2.24, 2.45) is 0 Å². The summed E-state index contributed by atoms with van der Waals surface area (Å²) in [5.41, 5.74) is 0. The Kier molecular flexibility index (Phi) is 55.0. The van der Waals surface area contributed by atoms with Crippen molar-refractivity contribution in [1.82, 2.24) is 5.32 Å². The van der Waals surface area contributed by atoms with Gasteiger partial charge in [-0.3, -0.25) is 9.59 Å². The zero-order valence-electron chi connectivity index (χ0n) is 52.9. The number of allylic oxidation sites excluding steroid dienone is 11. The lowest BCUT2D eigenvalue weighted by molar-refractivity contribution is -0.305. The van der Waals surface area contributed by atoms with Gasteiger partial charge >= 0.3 is 5.97 Å². The molecule has 0 spiro atoms. The summed E-state index contributed by atoms with van der Waals surface area (Å²) < 4.78 is 17.7. The van der Waals surface area contributed by atoms with Crippen LogP contribution in [-0.2, 0) is 23.8 Å². The van der Waals surface area contributed by atoms with E-state index in [4.69, 9.17) is 14.2 Å². The van der Waals surface area contributed by atoms with Crippen LogP contribution in [0.2, 0.25) is 0 Å². The zero-order valence-corrected chi connectivity index (χ0v) is 52.9. The van der Waals surface area contributed by atoms with Gasteiger partial charge in [0.05, 0.1) is 25.4 Å². The number of unbranched alkanes of at least 4 members (excludes halogenated alkanes) is 34. The van der Waals surface area contributed by atoms with Crippen LogP contribution in [0, 0.1) is 0 Å². The summed E-state index contributed by atoms with van der Waals surface area (Å²) in [4.78, 5) is 26.6. The largest absolute Gasteiger partial charge is 0.454 e. The van der Waals surface area contributed by atoms with Crippen molar-refractivity contribution in [2.45, 2.75) is 352 Å². The van der Waals surface area contributed by atoms with Crippen LogP contribution < -0.4 is 5.32 Å². The lowest BCUT2D eigenvalue weighted by Crippen LogP contribution is -2.61. The Hall–Kier alpha value is -2.90. The highest BCUT2D eigenvalue weighted by Gasteiger charge is 2.47. The van der Waals surface area contributed by atoms with Gasteiger partial charge in [-0.25, -0.2) is 0 Å². The molecular weight excluding hydrogens is 1030 g/mol. The molecule has 11 heteroatoms. The summed E-state index contributed by atoms with van der Waals surface area (Å²) in [6, 6.07) is -1.03. The average Bonchev–Trinajstić information content (AvgIpc) is 3.44. The van der Waals surface area contributed by atoms with Gasteiger partial charge in [0.25, 0.3) is 0 Å². The second-order valence-electron chi connectivity index (χ2n) is 23.6. The molecule has 11 nitrogen and oxygen atoms in total. The molecule has 0 bridgehead atoms. The van der Waals surface area contributed by atoms with Crippen LogP contribution in [0.1, 0.15) is 303 Å². The maximum Gasteiger partial charge on any atom is 0.306 e. The molecule has 6 N–H and O–H groups in total. The van der Waals surface area contributed by atoms with Crippen molar-refractivity contribution < 1.29 is 49.3 Å². The molecule has 1 aliphatic rings. The fourth-order valence-corrected chi connectivity index (χ4v) is 10.4. The number of carbonyl (C=O) groups is 2. The van der Waals surface area contributed by atoms with E-state index in [9.17, 15) is 35.1 Å². The Balaban J connectivity index is 2.62. The number of rotatable bonds is 58. The topological polar surface area (TPSA) is 175 Å². The third-order valence-electron chi connectivity index (χ3n) is 15.8. The van der Waals surface area contributed by atoms with E-state index in [0.29, 0.717) is 12.8 Å². The third kappa shape index (κ3) is 45.5. The molecule has 8 atom stereocenters. The molecule has 82 heavy (non-hydrogen) atoms. The number of nitrogens with one attached hydrogen (secondary N) is 1. The minimum Gasteiger partial charge on any atom is -0.454 e. The van der Waals surface area contributed by atoms with Crippen molar-refractivity contribution in [3.63, 3.8) is 0 Å². The fourth-order valence-electron chi connectivity index (χ4n) is 10.4. The Labute approximate surface area is 502 Å². The van der Waals surface area contributed by atoms with Gasteiger partial charge in [-0.15, -0.1) is 0 Å². The summed E-state index contributed by atoms with van der Waals surface area (Å²) >= 11 is 0. The SMILES string of the molecule is CCCCC/C=C\C/C=C\C/C=C\C/C=C\CCCCCCCCCC(=O)OC1C(OCC(NC(=O)C(O)CCCCCCCCCC/C=C/CCCCCCCC)C(O)/C=C/CCCCCCCCCCCC)OC(CO)C(O)C1O. The normalized spacial score (nSPS) is 19.0. The van der Waals surface area contributed by atoms with Gasteiger partial charge < -0.3 is 45.1 Å². The highest BCUT2D eigenvalue weighted by Crippen LogP contribution is 2.26. The smallest absolute Gasteiger partial charge is 0.306 e. The number of carbonyl (C=O) groups excluding carboxylic acids is 2. The van der Waals surface area contributed by atoms with E-state index in [2.05, 4.69) is 86.8 Å². The standard InChI is InChI=1S/C71H127NO10/c1-4-7-10-13-16-19-22-25-27-29-31-32-33-34-35-37-39-41-44-47-50-53-56-59-66(76)82-69-68(78)67(77)65(60-73)81-71(69)80-61-62(63(74)57-54-51-48-45-42-24-21-18-15-12-9-6-3)72-70(79)64(75)58-55-52-49-46-43-40-38-36-30-28-26-23-20-17-14-11-8-5-2/h16,19,25-28,31-32,34-35,54,57,62-65,67-69,71,73-75,77-78H,4-15,17-18,20-24,29-30,33,36-53,55-56,58-61H2,1-3H3,(H,72,79)/b19-16-,27-25-,28-26+,32-31-,35-34-,57-54+. The van der Waals surface area contributed by atoms with E-state index in [1.54, 1.807) is 6.08 Å². The van der Waals surface area contributed by atoms with Gasteiger partial charge in [0, 0.05) is 6.42 Å². The molecule has 0 aromatic carbocycles. The summed E-state index contributed by atoms with van der Waals surface area (Å²) in [7, 11) is 0. The Morgan fingerprint density at radius 3 is 1.29 bits per heavy atom. The van der Waals surface area contributed by atoms with Crippen LogP contribution in [0.5, 0.6) is 0 Å². The van der Waals surface area contributed by atoms with Crippen molar-refractivity contribution in [2.75, 3.05) is 13.2 Å². The minimum atomic E-state index is -1.62. The molecule has 0 aromatic rings. The van der Waals surface area contributed by atoms with E-state index < -0.39 is 67.4 Å². The molecule has 8 unspecified atom stereocenters. The molecule has 0 radical (unpaired) electrons. The van der Waals surface area contributed by atoms with Crippen molar-refractivity contribution in [1.29, 1.82) is 0 Å². The number of aliphatic hydroxyl groups excluding tert-OH is 5.